The molecule has 0 saturated heterocycles. The lowest BCUT2D eigenvalue weighted by molar-refractivity contribution is 1.24. The summed E-state index contributed by atoms with van der Waals surface area (Å²) in [5.74, 6) is 0. The molecule has 0 heterocycles. The van der Waals surface area contributed by atoms with E-state index in [1.54, 1.807) is 0 Å². The number of nitrogens with two attached hydrogens (primary N) is 2. The van der Waals surface area contributed by atoms with Crippen LogP contribution in [0.2, 0.25) is 0 Å². The molecule has 1 aromatic rings. The maximum Gasteiger partial charge on any atom is 0.0583 e. The predicted molar refractivity (Wildman–Crippen MR) is 58.1 cm³/mol. The zero-order valence-corrected chi connectivity index (χ0v) is 7.66. The van der Waals surface area contributed by atoms with Gasteiger partial charge in [-0.05, 0) is 31.4 Å². The maximum atomic E-state index is 5.79. The summed E-state index contributed by atoms with van der Waals surface area (Å²) in [5.41, 5.74) is 13.9. The van der Waals surface area contributed by atoms with Crippen molar-refractivity contribution >= 4 is 11.4 Å². The average Bonchev–Trinajstić information content (AvgIpc) is 2.13. The first kappa shape index (κ1) is 9.65. The first-order valence-electron chi connectivity index (χ1n) is 4.32. The topological polar surface area (TPSA) is 52.0 Å². The minimum absolute atomic E-state index is 0.653. The van der Waals surface area contributed by atoms with Crippen LogP contribution in [-0.2, 0) is 6.42 Å². The van der Waals surface area contributed by atoms with Gasteiger partial charge in [0.25, 0.3) is 0 Å². The Bertz CT molecular complexity index is 303. The van der Waals surface area contributed by atoms with Crippen molar-refractivity contribution in [1.82, 2.24) is 0 Å². The molecule has 2 heteroatoms. The largest absolute Gasteiger partial charge is 0.397 e. The van der Waals surface area contributed by atoms with Gasteiger partial charge in [0.15, 0.2) is 0 Å². The molecule has 1 rings (SSSR count). The Balaban J connectivity index is 2.77. The Morgan fingerprint density at radius 1 is 1.23 bits per heavy atom. The van der Waals surface area contributed by atoms with Gasteiger partial charge in [0, 0.05) is 0 Å². The highest BCUT2D eigenvalue weighted by molar-refractivity contribution is 5.67. The normalized spacial score (nSPS) is 10.8. The minimum atomic E-state index is 0.653. The molecule has 2 nitrogen and oxygen atoms in total. The smallest absolute Gasteiger partial charge is 0.0583 e. The summed E-state index contributed by atoms with van der Waals surface area (Å²) in [4.78, 5) is 0. The number of anilines is 2. The number of para-hydroxylation sites is 1. The van der Waals surface area contributed by atoms with Crippen LogP contribution >= 0.6 is 0 Å². The van der Waals surface area contributed by atoms with Crippen LogP contribution in [0.3, 0.4) is 0 Å². The van der Waals surface area contributed by atoms with Crippen LogP contribution in [0.25, 0.3) is 0 Å². The van der Waals surface area contributed by atoms with E-state index in [0.29, 0.717) is 11.4 Å². The van der Waals surface area contributed by atoms with Crippen molar-refractivity contribution in [1.29, 1.82) is 0 Å². The van der Waals surface area contributed by atoms with Crippen LogP contribution in [0.1, 0.15) is 12.0 Å². The summed E-state index contributed by atoms with van der Waals surface area (Å²) in [6.45, 7) is 3.71. The van der Waals surface area contributed by atoms with Gasteiger partial charge in [0.05, 0.1) is 11.4 Å². The fraction of sp³-hybridized carbons (Fsp3) is 0.182. The van der Waals surface area contributed by atoms with E-state index in [4.69, 9.17) is 11.5 Å². The van der Waals surface area contributed by atoms with Gasteiger partial charge in [0.2, 0.25) is 0 Å². The number of benzene rings is 1. The third-order valence-corrected chi connectivity index (χ3v) is 1.90. The van der Waals surface area contributed by atoms with Crippen molar-refractivity contribution in [3.63, 3.8) is 0 Å². The van der Waals surface area contributed by atoms with E-state index in [2.05, 4.69) is 13.0 Å². The molecule has 0 fully saturated rings. The zero-order chi connectivity index (χ0) is 9.68. The van der Waals surface area contributed by atoms with Gasteiger partial charge in [-0.2, -0.15) is 0 Å². The van der Waals surface area contributed by atoms with Crippen molar-refractivity contribution in [2.75, 3.05) is 11.5 Å². The minimum Gasteiger partial charge on any atom is -0.397 e. The van der Waals surface area contributed by atoms with Crippen LogP contribution in [0, 0.1) is 6.92 Å². The Labute approximate surface area is 79.2 Å². The predicted octanol–water partition coefficient (Wildman–Crippen LogP) is 2.17. The van der Waals surface area contributed by atoms with E-state index in [1.807, 2.05) is 24.3 Å². The molecule has 0 atom stereocenters. The average molecular weight is 175 g/mol. The fourth-order valence-electron chi connectivity index (χ4n) is 1.14. The molecule has 0 bridgehead atoms. The highest BCUT2D eigenvalue weighted by Gasteiger charge is 1.98. The molecule has 0 aliphatic rings. The molecule has 1 radical (unpaired) electrons. The second-order valence-electron chi connectivity index (χ2n) is 2.88. The molecule has 69 valence electrons. The van der Waals surface area contributed by atoms with Gasteiger partial charge in [-0.15, -0.1) is 0 Å². The van der Waals surface area contributed by atoms with Crippen LogP contribution in [0.4, 0.5) is 11.4 Å². The van der Waals surface area contributed by atoms with Crippen molar-refractivity contribution in [2.24, 2.45) is 0 Å². The summed E-state index contributed by atoms with van der Waals surface area (Å²) in [6.07, 6.45) is 5.70. The van der Waals surface area contributed by atoms with E-state index in [9.17, 15) is 0 Å². The maximum absolute atomic E-state index is 5.79. The first-order valence-corrected chi connectivity index (χ1v) is 4.32. The van der Waals surface area contributed by atoms with Gasteiger partial charge >= 0.3 is 0 Å². The van der Waals surface area contributed by atoms with Gasteiger partial charge in [-0.1, -0.05) is 24.3 Å². The number of hydrogen-bond acceptors (Lipinski definition) is 2. The van der Waals surface area contributed by atoms with Gasteiger partial charge in [0.1, 0.15) is 0 Å². The first-order chi connectivity index (χ1) is 6.25. The van der Waals surface area contributed by atoms with Crippen LogP contribution in [0.5, 0.6) is 0 Å². The molecule has 0 amide bonds. The van der Waals surface area contributed by atoms with Crippen molar-refractivity contribution in [3.05, 3.63) is 42.8 Å². The van der Waals surface area contributed by atoms with Crippen LogP contribution in [-0.4, -0.2) is 0 Å². The number of rotatable bonds is 3. The van der Waals surface area contributed by atoms with E-state index < -0.39 is 0 Å². The molecule has 1 aromatic carbocycles. The third-order valence-electron chi connectivity index (χ3n) is 1.90. The molecule has 0 unspecified atom stereocenters. The Morgan fingerprint density at radius 2 is 2.00 bits per heavy atom. The molecular formula is C11H15N2. The molecular weight excluding hydrogens is 160 g/mol. The summed E-state index contributed by atoms with van der Waals surface area (Å²) in [6, 6.07) is 5.71. The molecule has 0 spiro atoms. The lowest BCUT2D eigenvalue weighted by atomic mass is 10.1. The number of hydrogen-bond donors (Lipinski definition) is 2. The summed E-state index contributed by atoms with van der Waals surface area (Å²) in [5, 5.41) is 0. The molecule has 0 aliphatic carbocycles. The van der Waals surface area contributed by atoms with E-state index >= 15 is 0 Å². The van der Waals surface area contributed by atoms with E-state index in [-0.39, 0.29) is 0 Å². The molecule has 0 aromatic heterocycles. The zero-order valence-electron chi connectivity index (χ0n) is 7.66. The van der Waals surface area contributed by atoms with Crippen molar-refractivity contribution in [3.8, 4) is 0 Å². The third kappa shape index (κ3) is 2.51. The Hall–Kier alpha value is -1.44. The molecule has 0 aliphatic heterocycles. The van der Waals surface area contributed by atoms with Crippen molar-refractivity contribution in [2.45, 2.75) is 12.8 Å². The number of nitrogen functional groups attached to an aromatic ring is 2. The standard InChI is InChI=1S/C11H15N2/c1-2-3-4-6-9-7-5-8-10(12)11(9)13/h3-5,7-8H,1-2,6,12-13H2. The lowest BCUT2D eigenvalue weighted by Crippen LogP contribution is -1.98. The molecule has 0 saturated carbocycles. The monoisotopic (exact) mass is 175 g/mol. The molecule has 13 heavy (non-hydrogen) atoms. The Morgan fingerprint density at radius 3 is 2.69 bits per heavy atom. The van der Waals surface area contributed by atoms with Crippen LogP contribution < -0.4 is 11.5 Å². The Kier molecular flexibility index (Phi) is 3.38. The van der Waals surface area contributed by atoms with Crippen LogP contribution in [0.15, 0.2) is 30.4 Å². The quantitative estimate of drug-likeness (QED) is 0.546. The summed E-state index contributed by atoms with van der Waals surface area (Å²) in [7, 11) is 0. The van der Waals surface area contributed by atoms with Gasteiger partial charge < -0.3 is 11.5 Å². The second-order valence-corrected chi connectivity index (χ2v) is 2.88. The number of allylic oxidation sites excluding steroid dienone is 2. The second kappa shape index (κ2) is 4.55. The summed E-state index contributed by atoms with van der Waals surface area (Å²) < 4.78 is 0. The lowest BCUT2D eigenvalue weighted by Gasteiger charge is -2.04. The highest BCUT2D eigenvalue weighted by atomic mass is 14.7. The fourth-order valence-corrected chi connectivity index (χ4v) is 1.14. The highest BCUT2D eigenvalue weighted by Crippen LogP contribution is 2.19. The van der Waals surface area contributed by atoms with E-state index in [1.165, 1.54) is 0 Å². The van der Waals surface area contributed by atoms with Gasteiger partial charge in [-0.3, -0.25) is 0 Å². The SMILES string of the molecule is [CH2]CC=CCc1cccc(N)c1N. The van der Waals surface area contributed by atoms with E-state index in [0.717, 1.165) is 18.4 Å². The summed E-state index contributed by atoms with van der Waals surface area (Å²) >= 11 is 0. The van der Waals surface area contributed by atoms with Gasteiger partial charge in [-0.25, -0.2) is 0 Å². The molecule has 4 N–H and O–H groups in total. The van der Waals surface area contributed by atoms with Crippen molar-refractivity contribution < 1.29 is 0 Å².